The number of halogens is 4. The largest absolute Gasteiger partial charge is 0.493 e. The van der Waals surface area contributed by atoms with Gasteiger partial charge in [-0.3, -0.25) is 4.79 Å². The molecule has 128 valence electrons. The molecule has 2 aromatic rings. The molecule has 0 aliphatic heterocycles. The van der Waals surface area contributed by atoms with Crippen molar-refractivity contribution in [3.05, 3.63) is 58.6 Å². The lowest BCUT2D eigenvalue weighted by molar-refractivity contribution is -0.137. The number of alkyl halides is 3. The van der Waals surface area contributed by atoms with Gasteiger partial charge >= 0.3 is 6.18 Å². The number of nitrogens with one attached hydrogen (secondary N) is 1. The van der Waals surface area contributed by atoms with Crippen LogP contribution in [-0.2, 0) is 6.18 Å². The zero-order valence-electron chi connectivity index (χ0n) is 12.8. The lowest BCUT2D eigenvalue weighted by Gasteiger charge is -2.13. The van der Waals surface area contributed by atoms with Crippen LogP contribution < -0.4 is 10.1 Å². The lowest BCUT2D eigenvalue weighted by Crippen LogP contribution is -2.15. The van der Waals surface area contributed by atoms with Gasteiger partial charge in [-0.05, 0) is 36.8 Å². The number of anilines is 1. The Bertz CT molecular complexity index is 732. The van der Waals surface area contributed by atoms with E-state index < -0.39 is 17.6 Å². The van der Waals surface area contributed by atoms with E-state index in [9.17, 15) is 18.0 Å². The summed E-state index contributed by atoms with van der Waals surface area (Å²) in [6, 6.07) is 9.26. The molecule has 2 rings (SSSR count). The summed E-state index contributed by atoms with van der Waals surface area (Å²) >= 11 is 5.89. The quantitative estimate of drug-likeness (QED) is 0.778. The minimum absolute atomic E-state index is 0.0170. The molecule has 0 atom stereocenters. The molecule has 0 bridgehead atoms. The van der Waals surface area contributed by atoms with E-state index in [1.165, 1.54) is 6.07 Å². The van der Waals surface area contributed by atoms with Gasteiger partial charge in [0.1, 0.15) is 5.75 Å². The SMILES string of the molecule is CCCOc1ccccc1C(=O)Nc1cc(C(F)(F)F)ccc1Cl. The van der Waals surface area contributed by atoms with E-state index in [0.717, 1.165) is 24.6 Å². The van der Waals surface area contributed by atoms with E-state index in [4.69, 9.17) is 16.3 Å². The summed E-state index contributed by atoms with van der Waals surface area (Å²) in [7, 11) is 0. The van der Waals surface area contributed by atoms with Crippen LogP contribution in [-0.4, -0.2) is 12.5 Å². The minimum atomic E-state index is -4.52. The molecule has 0 aromatic heterocycles. The van der Waals surface area contributed by atoms with Crippen molar-refractivity contribution in [1.82, 2.24) is 0 Å². The van der Waals surface area contributed by atoms with Gasteiger partial charge in [-0.25, -0.2) is 0 Å². The van der Waals surface area contributed by atoms with Crippen LogP contribution in [0.25, 0.3) is 0 Å². The predicted octanol–water partition coefficient (Wildman–Crippen LogP) is 5.40. The first-order valence-corrected chi connectivity index (χ1v) is 7.60. The van der Waals surface area contributed by atoms with Crippen molar-refractivity contribution >= 4 is 23.2 Å². The average molecular weight is 358 g/mol. The van der Waals surface area contributed by atoms with Crippen LogP contribution in [0.2, 0.25) is 5.02 Å². The third-order valence-corrected chi connectivity index (χ3v) is 3.46. The molecule has 0 unspecified atom stereocenters. The molecule has 0 heterocycles. The zero-order chi connectivity index (χ0) is 17.7. The second kappa shape index (κ2) is 7.57. The maximum atomic E-state index is 12.8. The molecule has 3 nitrogen and oxygen atoms in total. The van der Waals surface area contributed by atoms with Crippen molar-refractivity contribution in [1.29, 1.82) is 0 Å². The fraction of sp³-hybridized carbons (Fsp3) is 0.235. The third-order valence-electron chi connectivity index (χ3n) is 3.14. The summed E-state index contributed by atoms with van der Waals surface area (Å²) in [5.74, 6) is -0.233. The smallest absolute Gasteiger partial charge is 0.416 e. The first kappa shape index (κ1) is 18.1. The Morgan fingerprint density at radius 3 is 2.58 bits per heavy atom. The fourth-order valence-corrected chi connectivity index (χ4v) is 2.14. The lowest BCUT2D eigenvalue weighted by atomic mass is 10.1. The standard InChI is InChI=1S/C17H15ClF3NO2/c1-2-9-24-15-6-4-3-5-12(15)16(23)22-14-10-11(17(19,20)21)7-8-13(14)18/h3-8,10H,2,9H2,1H3,(H,22,23). The van der Waals surface area contributed by atoms with Gasteiger partial charge < -0.3 is 10.1 Å². The summed E-state index contributed by atoms with van der Waals surface area (Å²) in [4.78, 5) is 12.4. The molecule has 0 radical (unpaired) electrons. The zero-order valence-corrected chi connectivity index (χ0v) is 13.5. The Balaban J connectivity index is 2.27. The van der Waals surface area contributed by atoms with E-state index in [0.29, 0.717) is 12.4 Å². The Hall–Kier alpha value is -2.21. The van der Waals surface area contributed by atoms with Crippen molar-refractivity contribution in [3.63, 3.8) is 0 Å². The molecule has 0 aliphatic rings. The summed E-state index contributed by atoms with van der Waals surface area (Å²) in [5.41, 5.74) is -0.779. The number of hydrogen-bond donors (Lipinski definition) is 1. The van der Waals surface area contributed by atoms with Crippen molar-refractivity contribution in [2.24, 2.45) is 0 Å². The monoisotopic (exact) mass is 357 g/mol. The van der Waals surface area contributed by atoms with Gasteiger partial charge in [0.2, 0.25) is 0 Å². The van der Waals surface area contributed by atoms with Gasteiger partial charge in [-0.15, -0.1) is 0 Å². The Kier molecular flexibility index (Phi) is 5.72. The molecule has 0 fully saturated rings. The molecule has 0 aliphatic carbocycles. The maximum Gasteiger partial charge on any atom is 0.416 e. The highest BCUT2D eigenvalue weighted by atomic mass is 35.5. The van der Waals surface area contributed by atoms with Crippen LogP contribution in [0.3, 0.4) is 0 Å². The van der Waals surface area contributed by atoms with Gasteiger partial charge in [-0.1, -0.05) is 30.7 Å². The molecule has 1 amide bonds. The molecule has 7 heteroatoms. The first-order chi connectivity index (χ1) is 11.3. The van der Waals surface area contributed by atoms with Gasteiger partial charge in [0, 0.05) is 0 Å². The van der Waals surface area contributed by atoms with Gasteiger partial charge in [0.25, 0.3) is 5.91 Å². The number of benzene rings is 2. The van der Waals surface area contributed by atoms with Crippen LogP contribution in [0.4, 0.5) is 18.9 Å². The summed E-state index contributed by atoms with van der Waals surface area (Å²) < 4.78 is 43.8. The Morgan fingerprint density at radius 2 is 1.92 bits per heavy atom. The van der Waals surface area contributed by atoms with Gasteiger partial charge in [-0.2, -0.15) is 13.2 Å². The van der Waals surface area contributed by atoms with Crippen molar-refractivity contribution < 1.29 is 22.7 Å². The summed E-state index contributed by atoms with van der Waals surface area (Å²) in [6.45, 7) is 2.35. The van der Waals surface area contributed by atoms with Crippen LogP contribution in [0.5, 0.6) is 5.75 Å². The molecular formula is C17H15ClF3NO2. The number of amides is 1. The predicted molar refractivity (Wildman–Crippen MR) is 86.6 cm³/mol. The average Bonchev–Trinajstić information content (AvgIpc) is 2.54. The van der Waals surface area contributed by atoms with E-state index >= 15 is 0 Å². The second-order valence-electron chi connectivity index (χ2n) is 4.99. The minimum Gasteiger partial charge on any atom is -0.493 e. The van der Waals surface area contributed by atoms with Gasteiger partial charge in [0.05, 0.1) is 28.4 Å². The van der Waals surface area contributed by atoms with Crippen molar-refractivity contribution in [2.45, 2.75) is 19.5 Å². The molecular weight excluding hydrogens is 343 g/mol. The highest BCUT2D eigenvalue weighted by Gasteiger charge is 2.31. The normalized spacial score (nSPS) is 11.2. The number of para-hydroxylation sites is 1. The van der Waals surface area contributed by atoms with Crippen LogP contribution in [0, 0.1) is 0 Å². The highest BCUT2D eigenvalue weighted by molar-refractivity contribution is 6.34. The summed E-state index contributed by atoms with van der Waals surface area (Å²) in [5, 5.41) is 2.42. The Labute approximate surface area is 142 Å². The van der Waals surface area contributed by atoms with Crippen LogP contribution in [0.15, 0.2) is 42.5 Å². The molecule has 0 saturated heterocycles. The number of ether oxygens (including phenoxy) is 1. The highest BCUT2D eigenvalue weighted by Crippen LogP contribution is 2.34. The van der Waals surface area contributed by atoms with E-state index in [1.54, 1.807) is 18.2 Å². The third kappa shape index (κ3) is 4.41. The van der Waals surface area contributed by atoms with Crippen molar-refractivity contribution in [3.8, 4) is 5.75 Å². The second-order valence-corrected chi connectivity index (χ2v) is 5.40. The molecule has 0 spiro atoms. The number of hydrogen-bond acceptors (Lipinski definition) is 2. The van der Waals surface area contributed by atoms with E-state index in [2.05, 4.69) is 5.32 Å². The van der Waals surface area contributed by atoms with Crippen LogP contribution in [0.1, 0.15) is 29.3 Å². The number of carbonyl (C=O) groups is 1. The first-order valence-electron chi connectivity index (χ1n) is 7.23. The molecule has 1 N–H and O–H groups in total. The van der Waals surface area contributed by atoms with Crippen molar-refractivity contribution in [2.75, 3.05) is 11.9 Å². The number of rotatable bonds is 5. The molecule has 2 aromatic carbocycles. The fourth-order valence-electron chi connectivity index (χ4n) is 1.98. The summed E-state index contributed by atoms with van der Waals surface area (Å²) in [6.07, 6.45) is -3.76. The topological polar surface area (TPSA) is 38.3 Å². The van der Waals surface area contributed by atoms with E-state index in [-0.39, 0.29) is 16.3 Å². The molecule has 0 saturated carbocycles. The van der Waals surface area contributed by atoms with Crippen LogP contribution >= 0.6 is 11.6 Å². The Morgan fingerprint density at radius 1 is 1.21 bits per heavy atom. The number of carbonyl (C=O) groups excluding carboxylic acids is 1. The maximum absolute atomic E-state index is 12.8. The van der Waals surface area contributed by atoms with Gasteiger partial charge in [0.15, 0.2) is 0 Å². The molecule has 24 heavy (non-hydrogen) atoms. The van der Waals surface area contributed by atoms with E-state index in [1.807, 2.05) is 6.92 Å².